The Morgan fingerprint density at radius 2 is 2.20 bits per heavy atom. The molecule has 2 fully saturated rings. The molecule has 1 N–H and O–H groups in total. The van der Waals surface area contributed by atoms with Crippen LogP contribution in [0.1, 0.15) is 30.1 Å². The number of amides is 2. The lowest BCUT2D eigenvalue weighted by Crippen LogP contribution is -2.33. The van der Waals surface area contributed by atoms with Crippen LogP contribution in [-0.2, 0) is 19.6 Å². The molecule has 0 saturated carbocycles. The first-order valence-electron chi connectivity index (χ1n) is 8.06. The second-order valence-corrected chi connectivity index (χ2v) is 8.56. The van der Waals surface area contributed by atoms with Crippen LogP contribution in [0.2, 0.25) is 5.02 Å². The van der Waals surface area contributed by atoms with Crippen LogP contribution in [-0.4, -0.2) is 45.2 Å². The van der Waals surface area contributed by atoms with Gasteiger partial charge >= 0.3 is 0 Å². The van der Waals surface area contributed by atoms with Crippen molar-refractivity contribution in [1.29, 1.82) is 0 Å². The number of carbonyl (C=O) groups is 2. The van der Waals surface area contributed by atoms with Crippen LogP contribution in [0.4, 0.5) is 5.69 Å². The van der Waals surface area contributed by atoms with Gasteiger partial charge in [0, 0.05) is 18.7 Å². The number of nitrogens with zero attached hydrogens (tertiary/aromatic N) is 1. The summed E-state index contributed by atoms with van der Waals surface area (Å²) < 4.78 is 30.6. The van der Waals surface area contributed by atoms with Crippen LogP contribution in [0.5, 0.6) is 0 Å². The SMILES string of the molecule is CC1CS(=O)(=O)N(c2cc(C(=O)NCC3CCCO3)ccc2Cl)C1=O. The topological polar surface area (TPSA) is 92.8 Å². The number of carbonyl (C=O) groups excluding carboxylic acids is 2. The second kappa shape index (κ2) is 6.93. The summed E-state index contributed by atoms with van der Waals surface area (Å²) in [7, 11) is -3.78. The van der Waals surface area contributed by atoms with Gasteiger partial charge in [0.25, 0.3) is 5.91 Å². The van der Waals surface area contributed by atoms with Crippen LogP contribution in [0.25, 0.3) is 0 Å². The third kappa shape index (κ3) is 3.65. The van der Waals surface area contributed by atoms with Crippen molar-refractivity contribution >= 4 is 39.1 Å². The summed E-state index contributed by atoms with van der Waals surface area (Å²) in [6.07, 6.45) is 1.86. The highest BCUT2D eigenvalue weighted by molar-refractivity contribution is 7.94. The molecular formula is C16H19ClN2O5S. The number of sulfonamides is 1. The Bertz CT molecular complexity index is 805. The minimum atomic E-state index is -3.78. The summed E-state index contributed by atoms with van der Waals surface area (Å²) in [5.41, 5.74) is 0.251. The molecule has 0 bridgehead atoms. The van der Waals surface area contributed by atoms with Crippen molar-refractivity contribution in [2.75, 3.05) is 23.2 Å². The zero-order valence-corrected chi connectivity index (χ0v) is 15.3. The van der Waals surface area contributed by atoms with Gasteiger partial charge in [0.15, 0.2) is 0 Å². The Kier molecular flexibility index (Phi) is 5.04. The molecule has 2 unspecified atom stereocenters. The summed E-state index contributed by atoms with van der Waals surface area (Å²) in [5, 5.41) is 2.86. The minimum Gasteiger partial charge on any atom is -0.376 e. The molecule has 0 aliphatic carbocycles. The van der Waals surface area contributed by atoms with E-state index in [1.165, 1.54) is 18.2 Å². The molecule has 0 radical (unpaired) electrons. The molecule has 2 atom stereocenters. The van der Waals surface area contributed by atoms with E-state index in [1.807, 2.05) is 0 Å². The molecule has 2 amide bonds. The predicted octanol–water partition coefficient (Wildman–Crippen LogP) is 1.56. The molecule has 7 nitrogen and oxygen atoms in total. The molecule has 25 heavy (non-hydrogen) atoms. The van der Waals surface area contributed by atoms with E-state index in [2.05, 4.69) is 5.32 Å². The lowest BCUT2D eigenvalue weighted by atomic mass is 10.1. The standard InChI is InChI=1S/C16H19ClN2O5S/c1-10-9-25(22,23)19(16(10)21)14-7-11(4-5-13(14)17)15(20)18-8-12-3-2-6-24-12/h4-5,7,10,12H,2-3,6,8-9H2,1H3,(H,18,20). The van der Waals surface area contributed by atoms with Gasteiger partial charge in [-0.05, 0) is 31.0 Å². The van der Waals surface area contributed by atoms with E-state index in [0.717, 1.165) is 12.8 Å². The first-order valence-corrected chi connectivity index (χ1v) is 10.0. The Morgan fingerprint density at radius 3 is 2.80 bits per heavy atom. The van der Waals surface area contributed by atoms with E-state index in [-0.39, 0.29) is 34.0 Å². The van der Waals surface area contributed by atoms with Crippen LogP contribution in [0.3, 0.4) is 0 Å². The maximum absolute atomic E-state index is 12.3. The molecule has 1 aromatic rings. The van der Waals surface area contributed by atoms with Crippen LogP contribution < -0.4 is 9.62 Å². The van der Waals surface area contributed by atoms with Crippen molar-refractivity contribution in [2.45, 2.75) is 25.9 Å². The lowest BCUT2D eigenvalue weighted by molar-refractivity contribution is -0.119. The largest absolute Gasteiger partial charge is 0.376 e. The van der Waals surface area contributed by atoms with Gasteiger partial charge in [-0.1, -0.05) is 18.5 Å². The summed E-state index contributed by atoms with van der Waals surface area (Å²) in [5.74, 6) is -1.82. The normalized spacial score (nSPS) is 25.4. The first kappa shape index (κ1) is 18.2. The molecule has 3 rings (SSSR count). The van der Waals surface area contributed by atoms with Gasteiger partial charge in [0.2, 0.25) is 15.9 Å². The molecule has 9 heteroatoms. The monoisotopic (exact) mass is 386 g/mol. The fourth-order valence-corrected chi connectivity index (χ4v) is 5.07. The molecular weight excluding hydrogens is 368 g/mol. The number of anilines is 1. The summed E-state index contributed by atoms with van der Waals surface area (Å²) in [4.78, 5) is 24.5. The number of hydrogen-bond donors (Lipinski definition) is 1. The highest BCUT2D eigenvalue weighted by atomic mass is 35.5. The number of halogens is 1. The minimum absolute atomic E-state index is 0.00268. The van der Waals surface area contributed by atoms with Crippen molar-refractivity contribution in [3.63, 3.8) is 0 Å². The third-order valence-electron chi connectivity index (χ3n) is 4.30. The van der Waals surface area contributed by atoms with E-state index >= 15 is 0 Å². The third-order valence-corrected chi connectivity index (χ3v) is 6.48. The maximum atomic E-state index is 12.3. The van der Waals surface area contributed by atoms with Gasteiger partial charge in [-0.2, -0.15) is 0 Å². The zero-order chi connectivity index (χ0) is 18.2. The van der Waals surface area contributed by atoms with Gasteiger partial charge in [0.1, 0.15) is 0 Å². The molecule has 136 valence electrons. The number of rotatable bonds is 4. The number of nitrogens with one attached hydrogen (secondary N) is 1. The highest BCUT2D eigenvalue weighted by Gasteiger charge is 2.43. The van der Waals surface area contributed by atoms with E-state index in [1.54, 1.807) is 6.92 Å². The molecule has 2 heterocycles. The lowest BCUT2D eigenvalue weighted by Gasteiger charge is -2.18. The van der Waals surface area contributed by atoms with Crippen LogP contribution in [0, 0.1) is 5.92 Å². The van der Waals surface area contributed by atoms with Gasteiger partial charge in [-0.25, -0.2) is 12.7 Å². The van der Waals surface area contributed by atoms with Gasteiger partial charge < -0.3 is 10.1 Å². The van der Waals surface area contributed by atoms with E-state index in [0.29, 0.717) is 17.5 Å². The molecule has 2 aliphatic rings. The Balaban J connectivity index is 1.83. The first-order chi connectivity index (χ1) is 11.8. The predicted molar refractivity (Wildman–Crippen MR) is 93.2 cm³/mol. The van der Waals surface area contributed by atoms with Crippen molar-refractivity contribution < 1.29 is 22.7 Å². The number of benzene rings is 1. The molecule has 0 aromatic heterocycles. The fraction of sp³-hybridized carbons (Fsp3) is 0.500. The fourth-order valence-electron chi connectivity index (χ4n) is 2.99. The van der Waals surface area contributed by atoms with Crippen LogP contribution in [0.15, 0.2) is 18.2 Å². The Hall–Kier alpha value is -1.64. The van der Waals surface area contributed by atoms with Crippen molar-refractivity contribution in [3.8, 4) is 0 Å². The summed E-state index contributed by atoms with van der Waals surface area (Å²) in [6, 6.07) is 4.25. The van der Waals surface area contributed by atoms with Crippen molar-refractivity contribution in [1.82, 2.24) is 5.32 Å². The Morgan fingerprint density at radius 1 is 1.44 bits per heavy atom. The molecule has 2 saturated heterocycles. The van der Waals surface area contributed by atoms with Crippen LogP contribution >= 0.6 is 11.6 Å². The maximum Gasteiger partial charge on any atom is 0.251 e. The number of ether oxygens (including phenoxy) is 1. The summed E-state index contributed by atoms with van der Waals surface area (Å²) in [6.45, 7) is 2.62. The smallest absolute Gasteiger partial charge is 0.251 e. The number of hydrogen-bond acceptors (Lipinski definition) is 5. The molecule has 2 aliphatic heterocycles. The van der Waals surface area contributed by atoms with E-state index in [9.17, 15) is 18.0 Å². The highest BCUT2D eigenvalue weighted by Crippen LogP contribution is 2.34. The molecule has 1 aromatic carbocycles. The van der Waals surface area contributed by atoms with Gasteiger partial charge in [0.05, 0.1) is 28.5 Å². The van der Waals surface area contributed by atoms with Crippen molar-refractivity contribution in [3.05, 3.63) is 28.8 Å². The van der Waals surface area contributed by atoms with Gasteiger partial charge in [-0.15, -0.1) is 0 Å². The zero-order valence-electron chi connectivity index (χ0n) is 13.7. The summed E-state index contributed by atoms with van der Waals surface area (Å²) >= 11 is 6.09. The quantitative estimate of drug-likeness (QED) is 0.847. The van der Waals surface area contributed by atoms with E-state index in [4.69, 9.17) is 16.3 Å². The molecule has 0 spiro atoms. The average molecular weight is 387 g/mol. The average Bonchev–Trinajstić information content (AvgIpc) is 3.13. The van der Waals surface area contributed by atoms with Crippen molar-refractivity contribution in [2.24, 2.45) is 5.92 Å². The second-order valence-electron chi connectivity index (χ2n) is 6.29. The van der Waals surface area contributed by atoms with Gasteiger partial charge in [-0.3, -0.25) is 9.59 Å². The Labute approximate surface area is 151 Å². The van der Waals surface area contributed by atoms with E-state index < -0.39 is 21.8 Å².